The number of rotatable bonds is 6. The van der Waals surface area contributed by atoms with Crippen LogP contribution in [0.4, 0.5) is 13.2 Å². The van der Waals surface area contributed by atoms with Crippen LogP contribution in [-0.2, 0) is 11.0 Å². The normalized spacial score (nSPS) is 15.7. The summed E-state index contributed by atoms with van der Waals surface area (Å²) in [5.74, 6) is 0.670. The van der Waals surface area contributed by atoms with Crippen LogP contribution in [0, 0.1) is 0 Å². The number of carbonyl (C=O) groups is 1. The van der Waals surface area contributed by atoms with Crippen LogP contribution >= 0.6 is 11.6 Å². The number of pyridine rings is 1. The van der Waals surface area contributed by atoms with E-state index in [1.807, 2.05) is 0 Å². The van der Waals surface area contributed by atoms with E-state index in [1.54, 1.807) is 38.1 Å². The molecule has 6 nitrogen and oxygen atoms in total. The van der Waals surface area contributed by atoms with E-state index in [0.29, 0.717) is 24.2 Å². The van der Waals surface area contributed by atoms with Gasteiger partial charge in [0.1, 0.15) is 16.4 Å². The molecule has 2 heterocycles. The van der Waals surface area contributed by atoms with Crippen molar-refractivity contribution >= 4 is 23.3 Å². The van der Waals surface area contributed by atoms with Crippen LogP contribution in [0.5, 0.6) is 17.4 Å². The number of benzene rings is 1. The van der Waals surface area contributed by atoms with Crippen LogP contribution in [-0.4, -0.2) is 28.9 Å². The van der Waals surface area contributed by atoms with Crippen molar-refractivity contribution in [1.29, 1.82) is 0 Å². The van der Waals surface area contributed by atoms with E-state index in [9.17, 15) is 18.0 Å². The summed E-state index contributed by atoms with van der Waals surface area (Å²) < 4.78 is 49.4. The lowest BCUT2D eigenvalue weighted by Crippen LogP contribution is -2.42. The second kappa shape index (κ2) is 7.90. The zero-order valence-electron chi connectivity index (χ0n) is 15.5. The predicted octanol–water partition coefficient (Wildman–Crippen LogP) is 4.62. The van der Waals surface area contributed by atoms with E-state index in [4.69, 9.17) is 21.1 Å². The summed E-state index contributed by atoms with van der Waals surface area (Å²) in [6, 6.07) is 7.33. The van der Waals surface area contributed by atoms with E-state index in [1.165, 1.54) is 0 Å². The monoisotopic (exact) mass is 427 g/mol. The molecule has 3 rings (SSSR count). The minimum atomic E-state index is -4.55. The van der Waals surface area contributed by atoms with Gasteiger partial charge in [0, 0.05) is 12.6 Å². The lowest BCUT2D eigenvalue weighted by atomic mass is 10.1. The average molecular weight is 428 g/mol. The summed E-state index contributed by atoms with van der Waals surface area (Å²) in [6.07, 6.45) is -3.54. The second-order valence-corrected chi connectivity index (χ2v) is 7.18. The number of ether oxygens (including phenoxy) is 2. The largest absolute Gasteiger partial charge is 0.489 e. The zero-order valence-corrected chi connectivity index (χ0v) is 16.3. The number of aromatic nitrogens is 1. The van der Waals surface area contributed by atoms with Crippen molar-refractivity contribution in [3.63, 3.8) is 0 Å². The van der Waals surface area contributed by atoms with Crippen molar-refractivity contribution in [3.8, 4) is 17.4 Å². The maximum Gasteiger partial charge on any atom is 0.417 e. The molecule has 1 N–H and O–H groups in total. The molecule has 1 aromatic carbocycles. The summed E-state index contributed by atoms with van der Waals surface area (Å²) in [5.41, 5.74) is -1.71. The Labute approximate surface area is 169 Å². The lowest BCUT2D eigenvalue weighted by Gasteiger charge is -2.16. The van der Waals surface area contributed by atoms with E-state index in [2.05, 4.69) is 15.3 Å². The van der Waals surface area contributed by atoms with Gasteiger partial charge >= 0.3 is 6.18 Å². The van der Waals surface area contributed by atoms with Gasteiger partial charge in [-0.2, -0.15) is 18.2 Å². The maximum absolute atomic E-state index is 12.7. The molecule has 2 aromatic rings. The third kappa shape index (κ3) is 4.97. The van der Waals surface area contributed by atoms with Gasteiger partial charge in [-0.25, -0.2) is 4.98 Å². The summed E-state index contributed by atoms with van der Waals surface area (Å²) in [5, 5.41) is 2.74. The van der Waals surface area contributed by atoms with E-state index in [0.717, 1.165) is 6.07 Å². The molecule has 1 amide bonds. The zero-order chi connectivity index (χ0) is 21.2. The van der Waals surface area contributed by atoms with Gasteiger partial charge in [0.25, 0.3) is 5.91 Å². The number of nitrogens with one attached hydrogen (secondary N) is 1. The Morgan fingerprint density at radius 3 is 2.48 bits per heavy atom. The Kier molecular flexibility index (Phi) is 5.70. The highest BCUT2D eigenvalue weighted by molar-refractivity contribution is 6.31. The van der Waals surface area contributed by atoms with Crippen LogP contribution in [0.2, 0.25) is 5.02 Å². The van der Waals surface area contributed by atoms with Crippen molar-refractivity contribution in [2.75, 3.05) is 6.61 Å². The predicted molar refractivity (Wildman–Crippen MR) is 101 cm³/mol. The first-order valence-electron chi connectivity index (χ1n) is 8.59. The number of amides is 1. The van der Waals surface area contributed by atoms with Crippen LogP contribution < -0.4 is 14.8 Å². The van der Waals surface area contributed by atoms with Crippen LogP contribution in [0.1, 0.15) is 25.8 Å². The molecular formula is C19H17ClF3N3O3. The number of halogens is 4. The molecule has 0 spiro atoms. The summed E-state index contributed by atoms with van der Waals surface area (Å²) >= 11 is 5.88. The fourth-order valence-electron chi connectivity index (χ4n) is 2.49. The third-order valence-corrected chi connectivity index (χ3v) is 4.29. The van der Waals surface area contributed by atoms with Crippen molar-refractivity contribution < 1.29 is 27.4 Å². The second-order valence-electron chi connectivity index (χ2n) is 6.77. The Bertz CT molecular complexity index is 961. The fraction of sp³-hybridized carbons (Fsp3) is 0.316. The molecule has 0 unspecified atom stereocenters. The number of amidine groups is 1. The Hall–Kier alpha value is -2.81. The molecular weight excluding hydrogens is 411 g/mol. The number of hydrogen-bond acceptors (Lipinski definition) is 5. The van der Waals surface area contributed by atoms with Gasteiger partial charge < -0.3 is 14.8 Å². The molecule has 1 aliphatic rings. The number of carbonyl (C=O) groups excluding carboxylic acids is 1. The third-order valence-electron chi connectivity index (χ3n) is 4.01. The van der Waals surface area contributed by atoms with Gasteiger partial charge in [0.15, 0.2) is 11.5 Å². The smallest absolute Gasteiger partial charge is 0.417 e. The molecule has 1 aliphatic heterocycles. The molecule has 0 fully saturated rings. The molecule has 29 heavy (non-hydrogen) atoms. The summed E-state index contributed by atoms with van der Waals surface area (Å²) in [6.45, 7) is 3.66. The first-order chi connectivity index (χ1) is 13.6. The molecule has 0 radical (unpaired) electrons. The number of para-hydroxylation sites is 2. The van der Waals surface area contributed by atoms with E-state index >= 15 is 0 Å². The first kappa shape index (κ1) is 20.9. The Balaban J connectivity index is 1.67. The highest BCUT2D eigenvalue weighted by atomic mass is 35.5. The molecule has 10 heteroatoms. The molecule has 0 saturated carbocycles. The summed E-state index contributed by atoms with van der Waals surface area (Å²) in [4.78, 5) is 19.3. The van der Waals surface area contributed by atoms with Crippen molar-refractivity contribution in [1.82, 2.24) is 10.3 Å². The van der Waals surface area contributed by atoms with Crippen LogP contribution in [0.25, 0.3) is 0 Å². The lowest BCUT2D eigenvalue weighted by molar-refractivity contribution is -0.137. The summed E-state index contributed by atoms with van der Waals surface area (Å²) in [7, 11) is 0. The topological polar surface area (TPSA) is 72.8 Å². The molecule has 154 valence electrons. The van der Waals surface area contributed by atoms with E-state index < -0.39 is 17.3 Å². The van der Waals surface area contributed by atoms with Crippen molar-refractivity contribution in [3.05, 3.63) is 47.1 Å². The molecule has 0 bridgehead atoms. The number of hydrogen-bond donors (Lipinski definition) is 1. The van der Waals surface area contributed by atoms with Crippen LogP contribution in [0.15, 0.2) is 41.5 Å². The van der Waals surface area contributed by atoms with Crippen molar-refractivity contribution in [2.45, 2.75) is 32.0 Å². The van der Waals surface area contributed by atoms with Gasteiger partial charge in [-0.1, -0.05) is 23.7 Å². The van der Waals surface area contributed by atoms with Gasteiger partial charge in [0.2, 0.25) is 5.88 Å². The molecule has 1 aromatic heterocycles. The van der Waals surface area contributed by atoms with Gasteiger partial charge in [-0.3, -0.25) is 4.79 Å². The van der Waals surface area contributed by atoms with Crippen LogP contribution in [0.3, 0.4) is 0 Å². The fourth-order valence-corrected chi connectivity index (χ4v) is 2.70. The first-order valence-corrected chi connectivity index (χ1v) is 8.97. The minimum absolute atomic E-state index is 0.176. The highest BCUT2D eigenvalue weighted by Gasteiger charge is 2.34. The van der Waals surface area contributed by atoms with E-state index in [-0.39, 0.29) is 29.2 Å². The van der Waals surface area contributed by atoms with Gasteiger partial charge in [-0.15, -0.1) is 0 Å². The minimum Gasteiger partial charge on any atom is -0.489 e. The quantitative estimate of drug-likeness (QED) is 0.728. The Morgan fingerprint density at radius 2 is 1.90 bits per heavy atom. The average Bonchev–Trinajstić information content (AvgIpc) is 2.89. The number of nitrogens with zero attached hydrogens (tertiary/aromatic N) is 2. The van der Waals surface area contributed by atoms with Gasteiger partial charge in [0.05, 0.1) is 12.2 Å². The molecule has 0 atom stereocenters. The molecule has 0 saturated heterocycles. The SMILES string of the molecule is CC1(C)NC(CCOc2ccccc2Oc2ncc(C(F)(F)F)cc2Cl)=NC1=O. The molecule has 0 aliphatic carbocycles. The number of aliphatic imine (C=N–C) groups is 1. The van der Waals surface area contributed by atoms with Crippen molar-refractivity contribution in [2.24, 2.45) is 4.99 Å². The van der Waals surface area contributed by atoms with Gasteiger partial charge in [-0.05, 0) is 32.0 Å². The highest BCUT2D eigenvalue weighted by Crippen LogP contribution is 2.37. The Morgan fingerprint density at radius 1 is 1.21 bits per heavy atom. The maximum atomic E-state index is 12.7. The standard InChI is InChI=1S/C19H17ClF3N3O3/c1-18(2)17(27)25-15(26-18)7-8-28-13-5-3-4-6-14(13)29-16-12(20)9-11(10-24-16)19(21,22)23/h3-6,9-10H,7-8H2,1-2H3,(H,25,26,27). The number of alkyl halides is 3.